The summed E-state index contributed by atoms with van der Waals surface area (Å²) in [7, 11) is 24.4. The van der Waals surface area contributed by atoms with Gasteiger partial charge in [-0.2, -0.15) is 0 Å². The second-order valence-electron chi connectivity index (χ2n) is 21.6. The van der Waals surface area contributed by atoms with Crippen molar-refractivity contribution in [2.24, 2.45) is 0 Å². The number of benzene rings is 12. The predicted molar refractivity (Wildman–Crippen MR) is 387 cm³/mol. The zero-order chi connectivity index (χ0) is 72.5. The first kappa shape index (κ1) is 88.5. The van der Waals surface area contributed by atoms with E-state index < -0.39 is 23.9 Å². The Morgan fingerprint density at radius 3 is 0.396 bits per heavy atom. The minimum Gasteiger partial charge on any atom is -0.545 e. The van der Waals surface area contributed by atoms with Gasteiger partial charge in [0.2, 0.25) is 0 Å². The average Bonchev–Trinajstić information content (AvgIpc) is 0.771. The van der Waals surface area contributed by atoms with Gasteiger partial charge >= 0.3 is 34.1 Å². The first-order chi connectivity index (χ1) is 48.1. The van der Waals surface area contributed by atoms with Crippen LogP contribution in [0.4, 0.5) is 0 Å². The molecular weight excluding hydrogens is 1470 g/mol. The van der Waals surface area contributed by atoms with Gasteiger partial charge in [0, 0.05) is 22.3 Å². The molecule has 12 aromatic carbocycles. The van der Waals surface area contributed by atoms with Crippen LogP contribution in [0.25, 0.3) is 86.2 Å². The minimum atomic E-state index is -1.27. The van der Waals surface area contributed by atoms with Crippen LogP contribution in [0.1, 0.15) is 41.4 Å². The van der Waals surface area contributed by atoms with Crippen molar-refractivity contribution in [3.05, 3.63) is 144 Å². The zero-order valence-electron chi connectivity index (χ0n) is 60.4. The first-order valence-electron chi connectivity index (χ1n) is 30.0. The number of rotatable bonds is 20. The number of ether oxygens (including phenoxy) is 16. The van der Waals surface area contributed by atoms with E-state index in [1.807, 2.05) is 24.3 Å². The zero-order valence-corrected chi connectivity index (χ0v) is 62.8. The Morgan fingerprint density at radius 2 is 0.283 bits per heavy atom. The molecule has 0 amide bonds. The average molecular weight is 1550 g/mol. The molecule has 12 aromatic rings. The van der Waals surface area contributed by atoms with E-state index in [9.17, 15) is 39.6 Å². The largest absolute Gasteiger partial charge is 2.00 e. The summed E-state index contributed by atoms with van der Waals surface area (Å²) in [6.45, 7) is 0. The minimum absolute atomic E-state index is 0. The van der Waals surface area contributed by atoms with Crippen LogP contribution in [-0.2, 0) is 56.0 Å². The van der Waals surface area contributed by atoms with E-state index >= 15 is 0 Å². The number of aromatic carboxylic acids is 4. The van der Waals surface area contributed by atoms with E-state index in [1.54, 1.807) is 126 Å². The molecule has 0 spiro atoms. The van der Waals surface area contributed by atoms with Gasteiger partial charge in [-0.15, -0.1) is 0 Å². The molecule has 0 fully saturated rings. The monoisotopic (exact) mass is 1550 g/mol. The van der Waals surface area contributed by atoms with Crippen molar-refractivity contribution in [2.75, 3.05) is 114 Å². The van der Waals surface area contributed by atoms with Crippen molar-refractivity contribution < 1.29 is 171 Å². The third-order valence-electron chi connectivity index (χ3n) is 16.7. The van der Waals surface area contributed by atoms with Gasteiger partial charge in [-0.3, -0.25) is 0 Å². The second-order valence-corrected chi connectivity index (χ2v) is 21.6. The van der Waals surface area contributed by atoms with Gasteiger partial charge < -0.3 is 137 Å². The Morgan fingerprint density at radius 1 is 0.179 bits per heavy atom. The molecule has 0 saturated carbocycles. The fourth-order valence-corrected chi connectivity index (χ4v) is 11.9. The Hall–Kier alpha value is -11.7. The van der Waals surface area contributed by atoms with Gasteiger partial charge in [0.15, 0.2) is 92.0 Å². The van der Waals surface area contributed by atoms with E-state index in [0.29, 0.717) is 157 Å². The van der Waals surface area contributed by atoms with Gasteiger partial charge in [0.1, 0.15) is 0 Å². The second kappa shape index (κ2) is 38.2. The summed E-state index contributed by atoms with van der Waals surface area (Å²) >= 11 is 0. The molecule has 562 valence electrons. The van der Waals surface area contributed by atoms with Gasteiger partial charge in [0.25, 0.3) is 0 Å². The van der Waals surface area contributed by atoms with Gasteiger partial charge in [-0.25, -0.2) is 0 Å². The van der Waals surface area contributed by atoms with Crippen LogP contribution < -0.4 is 96.2 Å². The molecule has 30 heteroatoms. The number of carbonyl (C=O) groups is 4. The van der Waals surface area contributed by atoms with Crippen LogP contribution in [0.5, 0.6) is 92.0 Å². The van der Waals surface area contributed by atoms with Crippen LogP contribution in [0.2, 0.25) is 0 Å². The molecule has 2 radical (unpaired) electrons. The topological polar surface area (TPSA) is 440 Å². The number of fused-ring (bicyclic) bond motifs is 12. The summed E-state index contributed by atoms with van der Waals surface area (Å²) in [5.41, 5.74) is 0.262. The van der Waals surface area contributed by atoms with Crippen molar-refractivity contribution in [1.29, 1.82) is 0 Å². The molecule has 28 nitrogen and oxygen atoms in total. The molecule has 0 atom stereocenters. The number of methoxy groups -OCH3 is 16. The van der Waals surface area contributed by atoms with Crippen molar-refractivity contribution in [3.8, 4) is 92.0 Å². The fourth-order valence-electron chi connectivity index (χ4n) is 11.9. The van der Waals surface area contributed by atoms with Gasteiger partial charge in [0.05, 0.1) is 138 Å². The summed E-state index contributed by atoms with van der Waals surface area (Å²) < 4.78 is 85.2. The van der Waals surface area contributed by atoms with Crippen LogP contribution in [0.3, 0.4) is 0 Å². The van der Waals surface area contributed by atoms with Crippen molar-refractivity contribution in [2.45, 2.75) is 0 Å². The van der Waals surface area contributed by atoms with Crippen LogP contribution in [0, 0.1) is 0 Å². The molecule has 0 unspecified atom stereocenters. The molecule has 0 bridgehead atoms. The summed E-state index contributed by atoms with van der Waals surface area (Å²) in [5.74, 6) is 2.94. The molecular formula is C76H80Mn2O28+4. The molecule has 0 aromatic heterocycles. The maximum atomic E-state index is 11.7. The van der Waals surface area contributed by atoms with E-state index in [-0.39, 0.29) is 78.3 Å². The summed E-state index contributed by atoms with van der Waals surface area (Å²) in [6, 6.07) is 33.9. The SMILES string of the molecule is COc1cc2cc(C(=O)[O-])c3cc(OC)c(OC)cc3c2cc1OC.COc1cc2cc(C(=O)[O-])c3cc(OC)c(OC)cc3c2cc1OC.COc1cc2cc(C(=O)[O-])c3cc(OC)c(OC)cc3c2cc1OC.COc1cc2cc(C(=O)[O-])c3cc(OC)c(OC)cc3c2cc1OC.[Mn+2].[Mn+2].[OH3+].[OH3+].[OH3+].[OH3+]. The fraction of sp³-hybridized carbons (Fsp3) is 0.211. The number of hydrogen-bond acceptors (Lipinski definition) is 24. The van der Waals surface area contributed by atoms with E-state index in [4.69, 9.17) is 75.8 Å². The van der Waals surface area contributed by atoms with Gasteiger partial charge in [-0.1, -0.05) is 0 Å². The normalized spacial score (nSPS) is 10.1. The maximum Gasteiger partial charge on any atom is 2.00 e. The van der Waals surface area contributed by atoms with E-state index in [2.05, 4.69) is 0 Å². The number of hydrogen-bond donors (Lipinski definition) is 0. The smallest absolute Gasteiger partial charge is 0.545 e. The summed E-state index contributed by atoms with van der Waals surface area (Å²) in [4.78, 5) is 46.6. The third-order valence-corrected chi connectivity index (χ3v) is 16.7. The number of carbonyl (C=O) groups excluding carboxylic acids is 4. The predicted octanol–water partition coefficient (Wildman–Crippen LogP) is 5.87. The van der Waals surface area contributed by atoms with E-state index in [0.717, 1.165) is 21.5 Å². The van der Waals surface area contributed by atoms with Gasteiger partial charge in [-0.05, 0) is 208 Å². The van der Waals surface area contributed by atoms with Crippen LogP contribution in [-0.4, -0.2) is 138 Å². The Bertz CT molecular complexity index is 4570. The van der Waals surface area contributed by atoms with E-state index in [1.165, 1.54) is 85.3 Å². The quantitative estimate of drug-likeness (QED) is 0.0489. The molecule has 0 saturated heterocycles. The molecule has 12 N–H and O–H groups in total. The maximum absolute atomic E-state index is 11.7. The Balaban J connectivity index is 0.000000360. The first-order valence-corrected chi connectivity index (χ1v) is 30.0. The number of carboxylic acid groups (broad SMARTS) is 4. The Labute approximate surface area is 627 Å². The summed E-state index contributed by atoms with van der Waals surface area (Å²) in [5, 5.41) is 57.3. The number of carboxylic acids is 4. The summed E-state index contributed by atoms with van der Waals surface area (Å²) in [6.07, 6.45) is 0. The van der Waals surface area contributed by atoms with Crippen molar-refractivity contribution in [1.82, 2.24) is 0 Å². The van der Waals surface area contributed by atoms with Crippen molar-refractivity contribution in [3.63, 3.8) is 0 Å². The molecule has 12 rings (SSSR count). The molecule has 0 aliphatic rings. The standard InChI is InChI=1S/4C19H18O6.2Mn.4H2O/c4*1-22-15-6-10-5-14(19(20)21)13-9-18(25-4)17(24-3)8-12(13)11(10)7-16(15)23-2;;;;;;/h4*5-9H,1-4H3,(H,20,21);;;4*1H2/q;;;;2*+2;;;;. The third kappa shape index (κ3) is 17.1. The molecule has 0 aliphatic carbocycles. The molecule has 106 heavy (non-hydrogen) atoms. The van der Waals surface area contributed by atoms with Crippen LogP contribution >= 0.6 is 0 Å². The molecule has 0 aliphatic heterocycles. The van der Waals surface area contributed by atoms with Crippen LogP contribution in [0.15, 0.2) is 121 Å². The van der Waals surface area contributed by atoms with Crippen molar-refractivity contribution >= 4 is 110 Å². The Kier molecular flexibility index (Phi) is 31.9. The molecule has 0 heterocycles.